The molecule has 0 bridgehead atoms. The zero-order valence-electron chi connectivity index (χ0n) is 35.7. The molecule has 2 aliphatic heterocycles. The van der Waals surface area contributed by atoms with Crippen molar-refractivity contribution in [1.82, 2.24) is 59.7 Å². The predicted molar refractivity (Wildman–Crippen MR) is 254 cm³/mol. The van der Waals surface area contributed by atoms with E-state index in [4.69, 9.17) is 66.7 Å². The van der Waals surface area contributed by atoms with Crippen LogP contribution < -0.4 is 11.5 Å². The first-order valence-electron chi connectivity index (χ1n) is 21.0. The Balaban J connectivity index is 0.000000166. The number of likely N-dealkylation sites (tertiary alicyclic amines) is 2. The van der Waals surface area contributed by atoms with Gasteiger partial charge in [0.2, 0.25) is 5.91 Å². The molecule has 8 aromatic rings. The number of hydrogen-bond donors (Lipinski definition) is 2. The van der Waals surface area contributed by atoms with Crippen molar-refractivity contribution in [2.24, 2.45) is 0 Å². The Labute approximate surface area is 398 Å². The zero-order valence-corrected chi connectivity index (χ0v) is 38.7. The molecule has 21 heteroatoms. The minimum absolute atomic E-state index is 0.112. The summed E-state index contributed by atoms with van der Waals surface area (Å²) in [5.41, 5.74) is 17.7. The third-order valence-corrected chi connectivity index (χ3v) is 13.0. The number of nitrogen functional groups attached to an aromatic ring is 2. The van der Waals surface area contributed by atoms with Crippen molar-refractivity contribution in [2.45, 2.75) is 44.7 Å². The monoisotopic (exact) mass is 966 g/mol. The van der Waals surface area contributed by atoms with Gasteiger partial charge in [-0.05, 0) is 82.2 Å². The first-order valence-corrected chi connectivity index (χ1v) is 22.5. The molecule has 2 saturated heterocycles. The molecule has 2 aromatic carbocycles. The van der Waals surface area contributed by atoms with E-state index in [1.165, 1.54) is 0 Å². The van der Waals surface area contributed by atoms with Crippen molar-refractivity contribution >= 4 is 63.9 Å². The number of halogens is 4. The lowest BCUT2D eigenvalue weighted by molar-refractivity contribution is -0.130. The number of carbonyl (C=O) groups is 1. The van der Waals surface area contributed by atoms with Gasteiger partial charge in [-0.3, -0.25) is 14.2 Å². The highest BCUT2D eigenvalue weighted by Gasteiger charge is 2.25. The van der Waals surface area contributed by atoms with E-state index in [2.05, 4.69) is 58.7 Å². The highest BCUT2D eigenvalue weighted by Crippen LogP contribution is 2.39. The number of rotatable bonds is 8. The summed E-state index contributed by atoms with van der Waals surface area (Å²) in [4.78, 5) is 24.4. The number of pyridine rings is 2. The Morgan fingerprint density at radius 3 is 1.39 bits per heavy atom. The normalized spacial score (nSPS) is 14.9. The van der Waals surface area contributed by atoms with Gasteiger partial charge in [-0.1, -0.05) is 58.5 Å². The molecule has 1 amide bonds. The number of amides is 1. The van der Waals surface area contributed by atoms with Crippen LogP contribution in [0.3, 0.4) is 0 Å². The van der Waals surface area contributed by atoms with E-state index >= 15 is 0 Å². The number of aromatic nitrogens is 10. The van der Waals surface area contributed by atoms with Crippen LogP contribution in [-0.4, -0.2) is 98.9 Å². The maximum atomic E-state index is 11.6. The van der Waals surface area contributed by atoms with Crippen LogP contribution >= 0.6 is 46.4 Å². The SMILES string of the molecule is CC(=O)N1CCC(n2cc(-c3cnc(N)c(-c4nnc(-c5c(Cl)cccc5Cl)o4)c3)cn2)CC1.CN1CCC(n2cc(-c3cnc(N)c(-c4nnc(-c5c(Cl)cccc5Cl)o4)c3)cn2)CC1. The van der Waals surface area contributed by atoms with E-state index in [1.807, 2.05) is 38.8 Å². The largest absolute Gasteiger partial charge is 0.416 e. The molecule has 2 fully saturated rings. The Hall–Kier alpha value is -6.37. The Morgan fingerprint density at radius 1 is 0.591 bits per heavy atom. The average molecular weight is 969 g/mol. The summed E-state index contributed by atoms with van der Waals surface area (Å²) in [6.45, 7) is 5.22. The summed E-state index contributed by atoms with van der Waals surface area (Å²) in [6, 6.07) is 14.7. The second kappa shape index (κ2) is 19.2. The third kappa shape index (κ3) is 9.48. The van der Waals surface area contributed by atoms with Crippen molar-refractivity contribution in [1.29, 1.82) is 0 Å². The fourth-order valence-electron chi connectivity index (χ4n) is 7.96. The molecule has 4 N–H and O–H groups in total. The molecule has 0 unspecified atom stereocenters. The van der Waals surface area contributed by atoms with Gasteiger partial charge in [-0.25, -0.2) is 9.97 Å². The van der Waals surface area contributed by atoms with Crippen LogP contribution in [0.15, 0.2) is 94.5 Å². The molecule has 0 radical (unpaired) electrons. The predicted octanol–water partition coefficient (Wildman–Crippen LogP) is 9.55. The van der Waals surface area contributed by atoms with Crippen molar-refractivity contribution in [3.8, 4) is 68.1 Å². The molecule has 10 rings (SSSR count). The van der Waals surface area contributed by atoms with E-state index < -0.39 is 0 Å². The fraction of sp³-hybridized carbons (Fsp3) is 0.267. The molecule has 0 aliphatic carbocycles. The number of nitrogens with two attached hydrogens (primary N) is 2. The highest BCUT2D eigenvalue weighted by atomic mass is 35.5. The molecule has 0 spiro atoms. The first-order chi connectivity index (χ1) is 31.9. The number of piperidine rings is 2. The van der Waals surface area contributed by atoms with E-state index in [1.54, 1.807) is 61.9 Å². The second-order valence-electron chi connectivity index (χ2n) is 16.0. The van der Waals surface area contributed by atoms with Crippen LogP contribution in [-0.2, 0) is 4.79 Å². The number of nitrogens with zero attached hydrogens (tertiary/aromatic N) is 12. The standard InChI is InChI=1S/C23H21Cl2N7O2.C22H21Cl2N7O/c1-13(33)31-7-5-16(6-8-31)32-12-15(11-28-32)14-9-17(21(26)27-10-14)22-29-30-23(34-22)20-18(24)3-2-4-19(20)25;1-30-7-5-15(6-8-30)31-12-14(11-27-31)13-9-16(20(25)26-10-13)21-28-29-22(32-21)19-17(23)3-2-4-18(19)24/h2-4,9-12,16H,5-8H2,1H3,(H2,26,27);2-4,9-12,15H,5-8H2,1H3,(H2,25,26). The van der Waals surface area contributed by atoms with Gasteiger partial charge in [-0.15, -0.1) is 20.4 Å². The van der Waals surface area contributed by atoms with Crippen molar-refractivity contribution in [3.05, 3.63) is 106 Å². The van der Waals surface area contributed by atoms with Gasteiger partial charge in [0, 0.05) is 67.1 Å². The molecule has 2 aliphatic rings. The van der Waals surface area contributed by atoms with Gasteiger partial charge in [0.25, 0.3) is 23.6 Å². The summed E-state index contributed by atoms with van der Waals surface area (Å²) >= 11 is 25.1. The second-order valence-corrected chi connectivity index (χ2v) is 17.7. The highest BCUT2D eigenvalue weighted by molar-refractivity contribution is 6.39. The van der Waals surface area contributed by atoms with E-state index in [0.717, 1.165) is 74.1 Å². The van der Waals surface area contributed by atoms with E-state index in [0.29, 0.717) is 48.4 Å². The smallest absolute Gasteiger partial charge is 0.251 e. The first kappa shape index (κ1) is 44.8. The zero-order chi connectivity index (χ0) is 46.1. The van der Waals surface area contributed by atoms with Gasteiger partial charge in [0.15, 0.2) is 0 Å². The van der Waals surface area contributed by atoms with Crippen molar-refractivity contribution in [2.75, 3.05) is 44.7 Å². The Morgan fingerprint density at radius 2 is 0.985 bits per heavy atom. The van der Waals surface area contributed by atoms with Crippen LogP contribution in [0.1, 0.15) is 44.7 Å². The number of hydrogen-bond acceptors (Lipinski definition) is 14. The average Bonchev–Trinajstić information content (AvgIpc) is 4.16. The van der Waals surface area contributed by atoms with Crippen LogP contribution in [0, 0.1) is 0 Å². The summed E-state index contributed by atoms with van der Waals surface area (Å²) < 4.78 is 15.7. The lowest BCUT2D eigenvalue weighted by Crippen LogP contribution is -2.37. The summed E-state index contributed by atoms with van der Waals surface area (Å²) in [5.74, 6) is 1.52. The minimum atomic E-state index is 0.112. The fourth-order valence-corrected chi connectivity index (χ4v) is 9.08. The Bertz CT molecular complexity index is 2980. The maximum absolute atomic E-state index is 11.6. The Kier molecular flexibility index (Phi) is 13.1. The van der Waals surface area contributed by atoms with Crippen LogP contribution in [0.25, 0.3) is 68.1 Å². The molecule has 8 heterocycles. The van der Waals surface area contributed by atoms with Crippen LogP contribution in [0.5, 0.6) is 0 Å². The van der Waals surface area contributed by atoms with Crippen molar-refractivity contribution in [3.63, 3.8) is 0 Å². The van der Waals surface area contributed by atoms with Gasteiger partial charge in [0.05, 0.1) is 66.8 Å². The molecular weight excluding hydrogens is 926 g/mol. The lowest BCUT2D eigenvalue weighted by atomic mass is 10.1. The molecular formula is C45H42Cl4N14O3. The molecule has 0 saturated carbocycles. The number of carbonyl (C=O) groups excluding carboxylic acids is 1. The van der Waals surface area contributed by atoms with Gasteiger partial charge < -0.3 is 30.1 Å². The van der Waals surface area contributed by atoms with Gasteiger partial charge in [0.1, 0.15) is 11.6 Å². The molecule has 338 valence electrons. The van der Waals surface area contributed by atoms with E-state index in [9.17, 15) is 4.79 Å². The number of anilines is 2. The molecule has 0 atom stereocenters. The third-order valence-electron chi connectivity index (χ3n) is 11.7. The molecule has 66 heavy (non-hydrogen) atoms. The lowest BCUT2D eigenvalue weighted by Gasteiger charge is -2.31. The quantitative estimate of drug-likeness (QED) is 0.145. The number of benzene rings is 2. The van der Waals surface area contributed by atoms with Crippen LogP contribution in [0.2, 0.25) is 20.1 Å². The summed E-state index contributed by atoms with van der Waals surface area (Å²) in [7, 11) is 2.15. The van der Waals surface area contributed by atoms with Gasteiger partial charge in [-0.2, -0.15) is 10.2 Å². The summed E-state index contributed by atoms with van der Waals surface area (Å²) in [6.07, 6.45) is 15.0. The minimum Gasteiger partial charge on any atom is -0.416 e. The van der Waals surface area contributed by atoms with E-state index in [-0.39, 0.29) is 47.1 Å². The topological polar surface area (TPSA) is 215 Å². The molecule has 17 nitrogen and oxygen atoms in total. The molecule has 6 aromatic heterocycles. The maximum Gasteiger partial charge on any atom is 0.251 e. The van der Waals surface area contributed by atoms with Gasteiger partial charge >= 0.3 is 0 Å². The summed E-state index contributed by atoms with van der Waals surface area (Å²) in [5, 5.41) is 27.3. The van der Waals surface area contributed by atoms with Crippen molar-refractivity contribution < 1.29 is 13.6 Å². The van der Waals surface area contributed by atoms with Crippen LogP contribution in [0.4, 0.5) is 11.6 Å².